The largest absolute Gasteiger partial charge is 0.480 e. The molecular formula is C12H9BrCl2N2O3. The van der Waals surface area contributed by atoms with Crippen LogP contribution in [0.3, 0.4) is 0 Å². The zero-order valence-corrected chi connectivity index (χ0v) is 13.0. The number of aliphatic carboxylic acids is 1. The number of hydrogen-bond acceptors (Lipinski definition) is 2. The summed E-state index contributed by atoms with van der Waals surface area (Å²) in [7, 11) is 0. The molecule has 0 aromatic heterocycles. The SMILES string of the molecule is C#CCC(NC(=O)Nc1c(Cl)cc(Br)cc1Cl)C(=O)O. The Morgan fingerprint density at radius 3 is 2.40 bits per heavy atom. The molecule has 0 aliphatic rings. The molecule has 8 heteroatoms. The number of hydrogen-bond donors (Lipinski definition) is 3. The average molecular weight is 380 g/mol. The average Bonchev–Trinajstić information content (AvgIpc) is 2.33. The van der Waals surface area contributed by atoms with Crippen molar-refractivity contribution in [3.05, 3.63) is 26.7 Å². The minimum Gasteiger partial charge on any atom is -0.480 e. The van der Waals surface area contributed by atoms with Gasteiger partial charge in [0.1, 0.15) is 6.04 Å². The van der Waals surface area contributed by atoms with E-state index >= 15 is 0 Å². The molecule has 0 aliphatic carbocycles. The van der Waals surface area contributed by atoms with Gasteiger partial charge in [-0.1, -0.05) is 39.1 Å². The first-order valence-electron chi connectivity index (χ1n) is 5.23. The number of carboxylic acid groups (broad SMARTS) is 1. The van der Waals surface area contributed by atoms with E-state index in [1.807, 2.05) is 0 Å². The van der Waals surface area contributed by atoms with Gasteiger partial charge >= 0.3 is 12.0 Å². The van der Waals surface area contributed by atoms with Crippen LogP contribution in [0, 0.1) is 12.3 Å². The van der Waals surface area contributed by atoms with Crippen molar-refractivity contribution in [1.82, 2.24) is 5.32 Å². The summed E-state index contributed by atoms with van der Waals surface area (Å²) in [5.74, 6) is 0.936. The first-order valence-corrected chi connectivity index (χ1v) is 6.78. The third kappa shape index (κ3) is 4.60. The molecule has 0 saturated heterocycles. The Balaban J connectivity index is 2.81. The predicted octanol–water partition coefficient (Wildman–Crippen LogP) is 3.35. The number of benzene rings is 1. The molecule has 1 aromatic rings. The fourth-order valence-corrected chi connectivity index (χ4v) is 2.59. The number of carboxylic acids is 1. The molecule has 1 unspecified atom stereocenters. The Hall–Kier alpha value is -1.42. The second kappa shape index (κ2) is 7.39. The van der Waals surface area contributed by atoms with Crippen molar-refractivity contribution in [2.45, 2.75) is 12.5 Å². The highest BCUT2D eigenvalue weighted by atomic mass is 79.9. The van der Waals surface area contributed by atoms with Gasteiger partial charge in [-0.3, -0.25) is 0 Å². The quantitative estimate of drug-likeness (QED) is 0.702. The number of carbonyl (C=O) groups excluding carboxylic acids is 1. The summed E-state index contributed by atoms with van der Waals surface area (Å²) in [6.45, 7) is 0. The normalized spacial score (nSPS) is 11.3. The van der Waals surface area contributed by atoms with Gasteiger partial charge in [-0.15, -0.1) is 12.3 Å². The first-order chi connectivity index (χ1) is 9.35. The zero-order valence-electron chi connectivity index (χ0n) is 9.91. The van der Waals surface area contributed by atoms with E-state index < -0.39 is 18.0 Å². The Bertz CT molecular complexity index is 564. The van der Waals surface area contributed by atoms with Crippen LogP contribution in [0.2, 0.25) is 10.0 Å². The summed E-state index contributed by atoms with van der Waals surface area (Å²) in [4.78, 5) is 22.6. The van der Waals surface area contributed by atoms with Gasteiger partial charge in [0, 0.05) is 10.9 Å². The molecule has 2 amide bonds. The van der Waals surface area contributed by atoms with Crippen LogP contribution in [0.25, 0.3) is 0 Å². The smallest absolute Gasteiger partial charge is 0.327 e. The molecule has 1 aromatic carbocycles. The van der Waals surface area contributed by atoms with Gasteiger partial charge in [-0.2, -0.15) is 0 Å². The van der Waals surface area contributed by atoms with E-state index in [0.29, 0.717) is 4.47 Å². The van der Waals surface area contributed by atoms with Crippen LogP contribution in [0.4, 0.5) is 10.5 Å². The van der Waals surface area contributed by atoms with E-state index in [2.05, 4.69) is 32.5 Å². The summed E-state index contributed by atoms with van der Waals surface area (Å²) >= 11 is 15.1. The summed E-state index contributed by atoms with van der Waals surface area (Å²) in [5, 5.41) is 13.9. The summed E-state index contributed by atoms with van der Waals surface area (Å²) < 4.78 is 0.647. The molecule has 1 atom stereocenters. The number of halogens is 3. The van der Waals surface area contributed by atoms with Crippen molar-refractivity contribution >= 4 is 56.8 Å². The van der Waals surface area contributed by atoms with Crippen molar-refractivity contribution < 1.29 is 14.7 Å². The maximum atomic E-state index is 11.7. The van der Waals surface area contributed by atoms with Crippen molar-refractivity contribution in [3.8, 4) is 12.3 Å². The van der Waals surface area contributed by atoms with E-state index in [-0.39, 0.29) is 22.2 Å². The number of rotatable bonds is 4. The summed E-state index contributed by atoms with van der Waals surface area (Å²) in [6, 6.07) is 1.13. The topological polar surface area (TPSA) is 78.4 Å². The minimum absolute atomic E-state index is 0.134. The number of terminal acetylenes is 1. The maximum absolute atomic E-state index is 11.7. The van der Waals surface area contributed by atoms with E-state index in [1.165, 1.54) is 0 Å². The molecule has 0 aliphatic heterocycles. The second-order valence-corrected chi connectivity index (χ2v) is 5.37. The zero-order chi connectivity index (χ0) is 15.3. The number of carbonyl (C=O) groups is 2. The van der Waals surface area contributed by atoms with Crippen LogP contribution >= 0.6 is 39.1 Å². The van der Waals surface area contributed by atoms with Crippen LogP contribution in [-0.4, -0.2) is 23.1 Å². The van der Waals surface area contributed by atoms with Crippen LogP contribution in [0.1, 0.15) is 6.42 Å². The fraction of sp³-hybridized carbons (Fsp3) is 0.167. The lowest BCUT2D eigenvalue weighted by Crippen LogP contribution is -2.42. The van der Waals surface area contributed by atoms with Gasteiger partial charge in [0.25, 0.3) is 0 Å². The van der Waals surface area contributed by atoms with Crippen molar-refractivity contribution in [2.75, 3.05) is 5.32 Å². The third-order valence-corrected chi connectivity index (χ3v) is 3.22. The van der Waals surface area contributed by atoms with E-state index in [4.69, 9.17) is 34.7 Å². The molecule has 0 fully saturated rings. The third-order valence-electron chi connectivity index (χ3n) is 2.17. The van der Waals surface area contributed by atoms with Crippen molar-refractivity contribution in [2.24, 2.45) is 0 Å². The van der Waals surface area contributed by atoms with Gasteiger partial charge < -0.3 is 15.7 Å². The summed E-state index contributed by atoms with van der Waals surface area (Å²) in [6.07, 6.45) is 4.89. The van der Waals surface area contributed by atoms with Crippen molar-refractivity contribution in [1.29, 1.82) is 0 Å². The Kier molecular flexibility index (Phi) is 6.14. The lowest BCUT2D eigenvalue weighted by molar-refractivity contribution is -0.139. The number of nitrogens with one attached hydrogen (secondary N) is 2. The Morgan fingerprint density at radius 1 is 1.40 bits per heavy atom. The lowest BCUT2D eigenvalue weighted by Gasteiger charge is -2.14. The molecular weight excluding hydrogens is 371 g/mol. The molecule has 0 saturated carbocycles. The maximum Gasteiger partial charge on any atom is 0.327 e. The van der Waals surface area contributed by atoms with Gasteiger partial charge in [-0.25, -0.2) is 9.59 Å². The highest BCUT2D eigenvalue weighted by Gasteiger charge is 2.20. The Labute approximate surface area is 133 Å². The van der Waals surface area contributed by atoms with Crippen LogP contribution < -0.4 is 10.6 Å². The number of amides is 2. The predicted molar refractivity (Wildman–Crippen MR) is 81.2 cm³/mol. The van der Waals surface area contributed by atoms with E-state index in [1.54, 1.807) is 12.1 Å². The van der Waals surface area contributed by atoms with Gasteiger partial charge in [0.15, 0.2) is 0 Å². The lowest BCUT2D eigenvalue weighted by atomic mass is 10.2. The van der Waals surface area contributed by atoms with Gasteiger partial charge in [0.05, 0.1) is 15.7 Å². The monoisotopic (exact) mass is 378 g/mol. The molecule has 5 nitrogen and oxygen atoms in total. The van der Waals surface area contributed by atoms with Crippen LogP contribution in [0.15, 0.2) is 16.6 Å². The molecule has 106 valence electrons. The van der Waals surface area contributed by atoms with Crippen LogP contribution in [0.5, 0.6) is 0 Å². The molecule has 0 spiro atoms. The first kappa shape index (κ1) is 16.6. The highest BCUT2D eigenvalue weighted by Crippen LogP contribution is 2.33. The highest BCUT2D eigenvalue weighted by molar-refractivity contribution is 9.10. The fourth-order valence-electron chi connectivity index (χ4n) is 1.29. The van der Waals surface area contributed by atoms with Gasteiger partial charge in [-0.05, 0) is 12.1 Å². The van der Waals surface area contributed by atoms with Gasteiger partial charge in [0.2, 0.25) is 0 Å². The number of urea groups is 1. The molecule has 20 heavy (non-hydrogen) atoms. The van der Waals surface area contributed by atoms with E-state index in [9.17, 15) is 9.59 Å². The summed E-state index contributed by atoms with van der Waals surface area (Å²) in [5.41, 5.74) is 0.180. The second-order valence-electron chi connectivity index (χ2n) is 3.64. The Morgan fingerprint density at radius 2 is 1.95 bits per heavy atom. The number of anilines is 1. The molecule has 3 N–H and O–H groups in total. The molecule has 0 radical (unpaired) electrons. The standard InChI is InChI=1S/C12H9BrCl2N2O3/c1-2-3-9(11(18)19)16-12(20)17-10-7(14)4-6(13)5-8(10)15/h1,4-5,9H,3H2,(H,18,19)(H2,16,17,20). The molecule has 0 heterocycles. The molecule has 1 rings (SSSR count). The van der Waals surface area contributed by atoms with Crippen molar-refractivity contribution in [3.63, 3.8) is 0 Å². The minimum atomic E-state index is -1.23. The van der Waals surface area contributed by atoms with Crippen LogP contribution in [-0.2, 0) is 4.79 Å². The molecule has 0 bridgehead atoms. The van der Waals surface area contributed by atoms with E-state index in [0.717, 1.165) is 0 Å².